The fourth-order valence-corrected chi connectivity index (χ4v) is 2.09. The second-order valence-electron chi connectivity index (χ2n) is 2.95. The molecule has 0 aliphatic heterocycles. The first-order valence-electron chi connectivity index (χ1n) is 4.36. The molecular weight excluding hydrogens is 291 g/mol. The average molecular weight is 296 g/mol. The molecule has 0 heterocycles. The highest BCUT2D eigenvalue weighted by molar-refractivity contribution is 8.00. The van der Waals surface area contributed by atoms with E-state index >= 15 is 0 Å². The molecular formula is C10H5ClF3NO2S. The summed E-state index contributed by atoms with van der Waals surface area (Å²) >= 11 is 5.07. The quantitative estimate of drug-likeness (QED) is 0.618. The number of esters is 1. The Hall–Kier alpha value is -1.39. The van der Waals surface area contributed by atoms with Crippen LogP contribution in [-0.4, -0.2) is 18.6 Å². The number of nitrogens with zero attached hydrogens (tertiary/aromatic N) is 1. The summed E-state index contributed by atoms with van der Waals surface area (Å²) < 4.78 is 41.4. The first-order valence-corrected chi connectivity index (χ1v) is 5.56. The van der Waals surface area contributed by atoms with Crippen LogP contribution >= 0.6 is 23.4 Å². The van der Waals surface area contributed by atoms with Crippen molar-refractivity contribution in [3.63, 3.8) is 0 Å². The van der Waals surface area contributed by atoms with Crippen LogP contribution in [-0.2, 0) is 4.74 Å². The molecule has 0 fully saturated rings. The van der Waals surface area contributed by atoms with Gasteiger partial charge in [0.2, 0.25) is 0 Å². The number of nitriles is 1. The third kappa shape index (κ3) is 3.31. The highest BCUT2D eigenvalue weighted by atomic mass is 35.5. The molecule has 96 valence electrons. The Labute approximate surface area is 109 Å². The third-order valence-corrected chi connectivity index (χ3v) is 3.13. The Balaban J connectivity index is 3.41. The van der Waals surface area contributed by atoms with Crippen molar-refractivity contribution in [3.8, 4) is 6.07 Å². The van der Waals surface area contributed by atoms with E-state index in [1.165, 1.54) is 6.07 Å². The zero-order valence-corrected chi connectivity index (χ0v) is 10.4. The predicted molar refractivity (Wildman–Crippen MR) is 59.4 cm³/mol. The van der Waals surface area contributed by atoms with Gasteiger partial charge in [0.05, 0.1) is 28.2 Å². The van der Waals surface area contributed by atoms with Crippen molar-refractivity contribution in [1.82, 2.24) is 0 Å². The molecule has 18 heavy (non-hydrogen) atoms. The van der Waals surface area contributed by atoms with Gasteiger partial charge >= 0.3 is 11.5 Å². The van der Waals surface area contributed by atoms with E-state index in [-0.39, 0.29) is 10.6 Å². The van der Waals surface area contributed by atoms with Crippen LogP contribution in [0, 0.1) is 11.3 Å². The largest absolute Gasteiger partial charge is 0.465 e. The zero-order valence-electron chi connectivity index (χ0n) is 8.84. The van der Waals surface area contributed by atoms with Gasteiger partial charge in [0.1, 0.15) is 6.07 Å². The summed E-state index contributed by atoms with van der Waals surface area (Å²) in [4.78, 5) is 10.8. The van der Waals surface area contributed by atoms with Gasteiger partial charge in [0, 0.05) is 0 Å². The number of halogens is 4. The number of hydrogen-bond acceptors (Lipinski definition) is 4. The van der Waals surface area contributed by atoms with Gasteiger partial charge in [-0.05, 0) is 23.9 Å². The molecule has 0 aliphatic rings. The van der Waals surface area contributed by atoms with Crippen LogP contribution in [0.25, 0.3) is 0 Å². The van der Waals surface area contributed by atoms with E-state index in [0.29, 0.717) is 0 Å². The monoisotopic (exact) mass is 295 g/mol. The second-order valence-corrected chi connectivity index (χ2v) is 4.43. The molecule has 1 aromatic carbocycles. The fraction of sp³-hybridized carbons (Fsp3) is 0.200. The van der Waals surface area contributed by atoms with Gasteiger partial charge in [-0.3, -0.25) is 0 Å². The van der Waals surface area contributed by atoms with Crippen molar-refractivity contribution in [1.29, 1.82) is 5.26 Å². The average Bonchev–Trinajstić information content (AvgIpc) is 2.29. The number of carbonyl (C=O) groups excluding carboxylic acids is 1. The number of ether oxygens (including phenoxy) is 1. The molecule has 0 bridgehead atoms. The molecule has 0 radical (unpaired) electrons. The molecule has 0 spiro atoms. The molecule has 0 saturated heterocycles. The molecule has 1 rings (SSSR count). The minimum Gasteiger partial charge on any atom is -0.465 e. The smallest absolute Gasteiger partial charge is 0.446 e. The number of rotatable bonds is 2. The first kappa shape index (κ1) is 14.7. The minimum absolute atomic E-state index is 0.249. The summed E-state index contributed by atoms with van der Waals surface area (Å²) in [7, 11) is 1.06. The van der Waals surface area contributed by atoms with Crippen molar-refractivity contribution in [2.45, 2.75) is 10.4 Å². The lowest BCUT2D eigenvalue weighted by atomic mass is 10.1. The van der Waals surface area contributed by atoms with Crippen LogP contribution in [0.3, 0.4) is 0 Å². The lowest BCUT2D eigenvalue weighted by Gasteiger charge is -2.11. The number of carbonyl (C=O) groups is 1. The Morgan fingerprint density at radius 2 is 2.11 bits per heavy atom. The van der Waals surface area contributed by atoms with Crippen LogP contribution < -0.4 is 0 Å². The van der Waals surface area contributed by atoms with E-state index in [0.717, 1.165) is 19.2 Å². The Kier molecular flexibility index (Phi) is 4.48. The Morgan fingerprint density at radius 1 is 1.50 bits per heavy atom. The van der Waals surface area contributed by atoms with Crippen LogP contribution in [0.5, 0.6) is 0 Å². The second kappa shape index (κ2) is 5.50. The number of hydrogen-bond donors (Lipinski definition) is 0. The fourth-order valence-electron chi connectivity index (χ4n) is 1.16. The zero-order chi connectivity index (χ0) is 13.9. The molecule has 3 nitrogen and oxygen atoms in total. The van der Waals surface area contributed by atoms with Gasteiger partial charge in [-0.25, -0.2) is 4.79 Å². The molecule has 0 aliphatic carbocycles. The first-order chi connectivity index (χ1) is 8.30. The van der Waals surface area contributed by atoms with Gasteiger partial charge in [0.25, 0.3) is 0 Å². The van der Waals surface area contributed by atoms with Crippen LogP contribution in [0.4, 0.5) is 13.2 Å². The lowest BCUT2D eigenvalue weighted by Crippen LogP contribution is -2.07. The maximum Gasteiger partial charge on any atom is 0.446 e. The number of alkyl halides is 3. The maximum atomic E-state index is 12.3. The van der Waals surface area contributed by atoms with Crippen molar-refractivity contribution in [2.75, 3.05) is 7.11 Å². The molecule has 0 N–H and O–H groups in total. The van der Waals surface area contributed by atoms with Gasteiger partial charge in [-0.1, -0.05) is 11.6 Å². The normalized spacial score (nSPS) is 10.9. The molecule has 0 aromatic heterocycles. The highest BCUT2D eigenvalue weighted by Gasteiger charge is 2.33. The van der Waals surface area contributed by atoms with Gasteiger partial charge in [-0.2, -0.15) is 18.4 Å². The number of thioether (sulfide) groups is 1. The SMILES string of the molecule is COC(=O)c1ccc(Cl)c(SC(F)(F)F)c1C#N. The predicted octanol–water partition coefficient (Wildman–Crippen LogP) is 3.61. The van der Waals surface area contributed by atoms with Crippen LogP contribution in [0.2, 0.25) is 5.02 Å². The highest BCUT2D eigenvalue weighted by Crippen LogP contribution is 2.42. The number of methoxy groups -OCH3 is 1. The topological polar surface area (TPSA) is 50.1 Å². The minimum atomic E-state index is -4.61. The van der Waals surface area contributed by atoms with E-state index in [1.807, 2.05) is 0 Å². The maximum absolute atomic E-state index is 12.3. The van der Waals surface area contributed by atoms with Crippen molar-refractivity contribution < 1.29 is 22.7 Å². The van der Waals surface area contributed by atoms with Gasteiger partial charge in [0.15, 0.2) is 0 Å². The van der Waals surface area contributed by atoms with Crippen molar-refractivity contribution in [2.24, 2.45) is 0 Å². The Morgan fingerprint density at radius 3 is 2.56 bits per heavy atom. The summed E-state index contributed by atoms with van der Waals surface area (Å²) in [6.45, 7) is 0. The summed E-state index contributed by atoms with van der Waals surface area (Å²) in [5.41, 5.74) is -5.31. The molecule has 0 amide bonds. The Bertz CT molecular complexity index is 525. The van der Waals surface area contributed by atoms with E-state index < -0.39 is 33.7 Å². The summed E-state index contributed by atoms with van der Waals surface area (Å²) in [6, 6.07) is 3.80. The summed E-state index contributed by atoms with van der Waals surface area (Å²) in [5, 5.41) is 8.62. The molecule has 1 aromatic rings. The van der Waals surface area contributed by atoms with Crippen molar-refractivity contribution in [3.05, 3.63) is 28.3 Å². The van der Waals surface area contributed by atoms with Gasteiger partial charge in [-0.15, -0.1) is 0 Å². The summed E-state index contributed by atoms with van der Waals surface area (Å²) in [5.74, 6) is -0.896. The molecule has 0 unspecified atom stereocenters. The molecule has 8 heteroatoms. The van der Waals surface area contributed by atoms with Crippen LogP contribution in [0.1, 0.15) is 15.9 Å². The van der Waals surface area contributed by atoms with E-state index in [2.05, 4.69) is 4.74 Å². The van der Waals surface area contributed by atoms with Crippen LogP contribution in [0.15, 0.2) is 17.0 Å². The van der Waals surface area contributed by atoms with E-state index in [9.17, 15) is 18.0 Å². The van der Waals surface area contributed by atoms with E-state index in [4.69, 9.17) is 16.9 Å². The lowest BCUT2D eigenvalue weighted by molar-refractivity contribution is -0.0328. The summed E-state index contributed by atoms with van der Waals surface area (Å²) in [6.07, 6.45) is 0. The van der Waals surface area contributed by atoms with E-state index in [1.54, 1.807) is 0 Å². The molecule has 0 atom stereocenters. The number of benzene rings is 1. The standard InChI is InChI=1S/C10H5ClF3NO2S/c1-17-9(16)5-2-3-7(11)8(6(5)4-15)18-10(12,13)14/h2-3H,1H3. The third-order valence-electron chi connectivity index (χ3n) is 1.84. The van der Waals surface area contributed by atoms with Gasteiger partial charge < -0.3 is 4.74 Å². The molecule has 0 saturated carbocycles. The van der Waals surface area contributed by atoms with Crippen molar-refractivity contribution >= 4 is 29.3 Å².